The Kier molecular flexibility index (Phi) is 1.02. The molecule has 0 saturated carbocycles. The minimum Gasteiger partial charge on any atom is -0.294 e. The molecular formula is C4H4NO3. The molecule has 0 bridgehead atoms. The highest BCUT2D eigenvalue weighted by Crippen LogP contribution is 1.99. The third-order valence-corrected chi connectivity index (χ3v) is 0.926. The Morgan fingerprint density at radius 1 is 1.50 bits per heavy atom. The van der Waals surface area contributed by atoms with Crippen molar-refractivity contribution in [3.8, 4) is 0 Å². The Bertz CT molecular complexity index is 142. The van der Waals surface area contributed by atoms with Gasteiger partial charge in [0, 0.05) is 0 Å². The number of rotatable bonds is 0. The summed E-state index contributed by atoms with van der Waals surface area (Å²) in [5, 5.41) is 12.1. The van der Waals surface area contributed by atoms with Crippen molar-refractivity contribution in [1.82, 2.24) is 5.32 Å². The van der Waals surface area contributed by atoms with Gasteiger partial charge in [0.1, 0.15) is 0 Å². The van der Waals surface area contributed by atoms with Crippen molar-refractivity contribution in [3.63, 3.8) is 0 Å². The quantitative estimate of drug-likeness (QED) is 0.403. The first-order valence-electron chi connectivity index (χ1n) is 2.19. The maximum atomic E-state index is 10.2. The Morgan fingerprint density at radius 3 is 2.25 bits per heavy atom. The van der Waals surface area contributed by atoms with Gasteiger partial charge >= 0.3 is 0 Å². The van der Waals surface area contributed by atoms with Crippen LogP contribution in [0.1, 0.15) is 6.42 Å². The molecule has 4 heteroatoms. The number of amides is 2. The minimum absolute atomic E-state index is 0.196. The number of hydrogen-bond donors (Lipinski definition) is 1. The van der Waals surface area contributed by atoms with Crippen molar-refractivity contribution in [1.29, 1.82) is 0 Å². The highest BCUT2D eigenvalue weighted by molar-refractivity contribution is 6.04. The Balaban J connectivity index is 2.64. The van der Waals surface area contributed by atoms with Gasteiger partial charge in [-0.2, -0.15) is 0 Å². The Labute approximate surface area is 45.5 Å². The van der Waals surface area contributed by atoms with Crippen LogP contribution in [-0.2, 0) is 14.7 Å². The van der Waals surface area contributed by atoms with Gasteiger partial charge in [-0.3, -0.25) is 14.9 Å². The summed E-state index contributed by atoms with van der Waals surface area (Å²) in [6.45, 7) is 0. The molecule has 8 heavy (non-hydrogen) atoms. The fourth-order valence-electron chi connectivity index (χ4n) is 0.530. The second-order valence-electron chi connectivity index (χ2n) is 1.61. The van der Waals surface area contributed by atoms with Crippen molar-refractivity contribution < 1.29 is 14.7 Å². The zero-order valence-corrected chi connectivity index (χ0v) is 4.01. The van der Waals surface area contributed by atoms with Crippen LogP contribution >= 0.6 is 0 Å². The lowest BCUT2D eigenvalue weighted by molar-refractivity contribution is -0.129. The molecule has 2 amide bonds. The number of imide groups is 1. The van der Waals surface area contributed by atoms with Crippen LogP contribution in [0.4, 0.5) is 0 Å². The third kappa shape index (κ3) is 0.696. The average molecular weight is 114 g/mol. The molecule has 4 nitrogen and oxygen atoms in total. The predicted octanol–water partition coefficient (Wildman–Crippen LogP) is -1.17. The number of hydrogen-bond acceptors (Lipinski definition) is 2. The summed E-state index contributed by atoms with van der Waals surface area (Å²) < 4.78 is 0. The van der Waals surface area contributed by atoms with Gasteiger partial charge in [-0.05, 0) is 0 Å². The molecule has 0 spiro atoms. The molecule has 1 radical (unpaired) electrons. The van der Waals surface area contributed by atoms with E-state index in [0.29, 0.717) is 0 Å². The molecule has 1 rings (SSSR count). The fraction of sp³-hybridized carbons (Fsp3) is 0.500. The van der Waals surface area contributed by atoms with E-state index in [1.807, 2.05) is 5.32 Å². The monoisotopic (exact) mass is 114 g/mol. The molecule has 0 aliphatic carbocycles. The van der Waals surface area contributed by atoms with Crippen molar-refractivity contribution in [2.75, 3.05) is 0 Å². The summed E-state index contributed by atoms with van der Waals surface area (Å²) in [4.78, 5) is 20.3. The van der Waals surface area contributed by atoms with Gasteiger partial charge in [-0.25, -0.2) is 5.11 Å². The van der Waals surface area contributed by atoms with Crippen LogP contribution in [0.2, 0.25) is 0 Å². The van der Waals surface area contributed by atoms with E-state index in [0.717, 1.165) is 0 Å². The molecule has 1 heterocycles. The molecule has 0 aromatic rings. The first kappa shape index (κ1) is 5.24. The molecule has 1 aliphatic rings. The third-order valence-electron chi connectivity index (χ3n) is 0.926. The molecule has 0 aromatic heterocycles. The topological polar surface area (TPSA) is 66.1 Å². The zero-order valence-electron chi connectivity index (χ0n) is 4.01. The lowest BCUT2D eigenvalue weighted by atomic mass is 10.3. The van der Waals surface area contributed by atoms with Crippen molar-refractivity contribution in [2.24, 2.45) is 0 Å². The van der Waals surface area contributed by atoms with E-state index in [1.165, 1.54) is 0 Å². The highest BCUT2D eigenvalue weighted by atomic mass is 16.3. The van der Waals surface area contributed by atoms with E-state index >= 15 is 0 Å². The van der Waals surface area contributed by atoms with Crippen molar-refractivity contribution in [3.05, 3.63) is 0 Å². The standard InChI is InChI=1S/C4H4NO3/c6-2-1-3(7)5-4(2)8/h2H,1H2,(H,5,7,8). The van der Waals surface area contributed by atoms with Crippen LogP contribution in [0.25, 0.3) is 0 Å². The van der Waals surface area contributed by atoms with E-state index in [9.17, 15) is 14.7 Å². The van der Waals surface area contributed by atoms with Crippen LogP contribution in [0.15, 0.2) is 0 Å². The van der Waals surface area contributed by atoms with Gasteiger partial charge in [0.25, 0.3) is 5.91 Å². The lowest BCUT2D eigenvalue weighted by Crippen LogP contribution is -2.23. The lowest BCUT2D eigenvalue weighted by Gasteiger charge is -1.84. The maximum absolute atomic E-state index is 10.2. The molecule has 1 aliphatic heterocycles. The molecule has 1 N–H and O–H groups in total. The average Bonchev–Trinajstić information content (AvgIpc) is 1.85. The number of nitrogens with one attached hydrogen (secondary N) is 1. The molecule has 1 saturated heterocycles. The second kappa shape index (κ2) is 1.56. The van der Waals surface area contributed by atoms with Crippen LogP contribution < -0.4 is 5.32 Å². The fourth-order valence-corrected chi connectivity index (χ4v) is 0.530. The van der Waals surface area contributed by atoms with E-state index < -0.39 is 17.9 Å². The predicted molar refractivity (Wildman–Crippen MR) is 22.2 cm³/mol. The molecule has 1 unspecified atom stereocenters. The van der Waals surface area contributed by atoms with Crippen LogP contribution in [0.5, 0.6) is 0 Å². The first-order valence-corrected chi connectivity index (χ1v) is 2.19. The molecular weight excluding hydrogens is 110 g/mol. The summed E-state index contributed by atoms with van der Waals surface area (Å²) in [7, 11) is 0. The van der Waals surface area contributed by atoms with Crippen LogP contribution in [-0.4, -0.2) is 17.9 Å². The summed E-state index contributed by atoms with van der Waals surface area (Å²) in [5.74, 6) is -1.16. The Morgan fingerprint density at radius 2 is 2.12 bits per heavy atom. The highest BCUT2D eigenvalue weighted by Gasteiger charge is 2.29. The summed E-state index contributed by atoms with van der Waals surface area (Å²) in [5.41, 5.74) is 0. The van der Waals surface area contributed by atoms with E-state index in [4.69, 9.17) is 0 Å². The van der Waals surface area contributed by atoms with Gasteiger partial charge in [0.15, 0.2) is 6.10 Å². The number of carbonyl (C=O) groups excluding carboxylic acids is 2. The van der Waals surface area contributed by atoms with Crippen molar-refractivity contribution >= 4 is 11.8 Å². The van der Waals surface area contributed by atoms with E-state index in [-0.39, 0.29) is 6.42 Å². The molecule has 43 valence electrons. The zero-order chi connectivity index (χ0) is 6.15. The van der Waals surface area contributed by atoms with Crippen molar-refractivity contribution in [2.45, 2.75) is 12.5 Å². The minimum atomic E-state index is -1.36. The first-order chi connectivity index (χ1) is 3.70. The SMILES string of the molecule is [O]C1CC(=O)NC1=O. The van der Waals surface area contributed by atoms with E-state index in [1.54, 1.807) is 0 Å². The van der Waals surface area contributed by atoms with Crippen LogP contribution in [0, 0.1) is 0 Å². The van der Waals surface area contributed by atoms with Gasteiger partial charge in [-0.15, -0.1) is 0 Å². The molecule has 1 fully saturated rings. The number of carbonyl (C=O) groups is 2. The van der Waals surface area contributed by atoms with Gasteiger partial charge < -0.3 is 0 Å². The van der Waals surface area contributed by atoms with E-state index in [2.05, 4.69) is 0 Å². The van der Waals surface area contributed by atoms with Gasteiger partial charge in [-0.1, -0.05) is 0 Å². The molecule has 0 aromatic carbocycles. The Hall–Kier alpha value is -0.900. The largest absolute Gasteiger partial charge is 0.294 e. The summed E-state index contributed by atoms with van der Waals surface area (Å²) in [6, 6.07) is 0. The summed E-state index contributed by atoms with van der Waals surface area (Å²) in [6.07, 6.45) is -1.55. The smallest absolute Gasteiger partial charge is 0.259 e. The van der Waals surface area contributed by atoms with Gasteiger partial charge in [0.2, 0.25) is 5.91 Å². The maximum Gasteiger partial charge on any atom is 0.259 e. The second-order valence-corrected chi connectivity index (χ2v) is 1.61. The molecule has 1 atom stereocenters. The summed E-state index contributed by atoms with van der Waals surface area (Å²) >= 11 is 0. The normalized spacial score (nSPS) is 28.4. The van der Waals surface area contributed by atoms with Crippen LogP contribution in [0.3, 0.4) is 0 Å². The van der Waals surface area contributed by atoms with Gasteiger partial charge in [0.05, 0.1) is 6.42 Å².